The number of aromatic amines is 1. The van der Waals surface area contributed by atoms with Crippen LogP contribution in [0.2, 0.25) is 0 Å². The Morgan fingerprint density at radius 2 is 2.04 bits per heavy atom. The number of carbonyl (C=O) groups is 1. The first-order valence-electron chi connectivity index (χ1n) is 8.26. The number of rotatable bonds is 6. The second-order valence-electron chi connectivity index (χ2n) is 5.90. The molecule has 0 bridgehead atoms. The van der Waals surface area contributed by atoms with Crippen LogP contribution >= 0.6 is 0 Å². The van der Waals surface area contributed by atoms with Crippen molar-refractivity contribution in [1.82, 2.24) is 10.3 Å². The molecule has 2 aromatic carbocycles. The van der Waals surface area contributed by atoms with Gasteiger partial charge in [-0.25, -0.2) is 0 Å². The van der Waals surface area contributed by atoms with E-state index in [9.17, 15) is 4.79 Å². The normalized spacial score (nSPS) is 12.1. The zero-order chi connectivity index (χ0) is 16.9. The maximum Gasteiger partial charge on any atom is 0.251 e. The fourth-order valence-corrected chi connectivity index (χ4v) is 2.88. The summed E-state index contributed by atoms with van der Waals surface area (Å²) in [6.45, 7) is 4.53. The van der Waals surface area contributed by atoms with Gasteiger partial charge in [-0.15, -0.1) is 0 Å². The van der Waals surface area contributed by atoms with Crippen LogP contribution in [0.25, 0.3) is 10.9 Å². The molecule has 0 radical (unpaired) electrons. The Morgan fingerprint density at radius 1 is 1.21 bits per heavy atom. The molecule has 0 aliphatic rings. The van der Waals surface area contributed by atoms with E-state index >= 15 is 0 Å². The zero-order valence-electron chi connectivity index (χ0n) is 14.0. The first kappa shape index (κ1) is 16.1. The largest absolute Gasteiger partial charge is 0.494 e. The molecule has 1 atom stereocenters. The smallest absolute Gasteiger partial charge is 0.251 e. The minimum atomic E-state index is -0.0797. The van der Waals surface area contributed by atoms with Crippen LogP contribution in [0.4, 0.5) is 0 Å². The molecular formula is C20H22N2O2. The number of hydrogen-bond donors (Lipinski definition) is 2. The molecule has 0 fully saturated rings. The standard InChI is InChI=1S/C20H22N2O2/c1-3-24-17-8-6-7-15(12-17)20(23)22-14(2)11-16-13-21-19-10-5-4-9-18(16)19/h4-10,12-14,21H,3,11H2,1-2H3,(H,22,23)/t14-/m1/s1. The first-order chi connectivity index (χ1) is 11.7. The monoisotopic (exact) mass is 322 g/mol. The van der Waals surface area contributed by atoms with E-state index in [0.29, 0.717) is 12.2 Å². The number of fused-ring (bicyclic) bond motifs is 1. The predicted octanol–water partition coefficient (Wildman–Crippen LogP) is 3.93. The van der Waals surface area contributed by atoms with Crippen molar-refractivity contribution in [2.75, 3.05) is 6.61 Å². The molecule has 1 amide bonds. The Balaban J connectivity index is 1.67. The number of ether oxygens (including phenoxy) is 1. The molecule has 3 rings (SSSR count). The van der Waals surface area contributed by atoms with Gasteiger partial charge < -0.3 is 15.0 Å². The lowest BCUT2D eigenvalue weighted by Gasteiger charge is -2.14. The quantitative estimate of drug-likeness (QED) is 0.722. The van der Waals surface area contributed by atoms with Gasteiger partial charge in [-0.05, 0) is 50.1 Å². The van der Waals surface area contributed by atoms with E-state index in [1.54, 1.807) is 12.1 Å². The highest BCUT2D eigenvalue weighted by Crippen LogP contribution is 2.19. The fourth-order valence-electron chi connectivity index (χ4n) is 2.88. The van der Waals surface area contributed by atoms with Crippen LogP contribution in [-0.4, -0.2) is 23.5 Å². The van der Waals surface area contributed by atoms with Crippen molar-refractivity contribution in [2.24, 2.45) is 0 Å². The summed E-state index contributed by atoms with van der Waals surface area (Å²) in [5.74, 6) is 0.637. The summed E-state index contributed by atoms with van der Waals surface area (Å²) in [5, 5.41) is 4.27. The first-order valence-corrected chi connectivity index (χ1v) is 8.26. The third-order valence-electron chi connectivity index (χ3n) is 3.99. The van der Waals surface area contributed by atoms with Crippen LogP contribution in [-0.2, 0) is 6.42 Å². The van der Waals surface area contributed by atoms with E-state index in [0.717, 1.165) is 17.7 Å². The van der Waals surface area contributed by atoms with E-state index in [1.165, 1.54) is 10.9 Å². The fraction of sp³-hybridized carbons (Fsp3) is 0.250. The molecular weight excluding hydrogens is 300 g/mol. The number of para-hydroxylation sites is 1. The zero-order valence-corrected chi connectivity index (χ0v) is 14.0. The van der Waals surface area contributed by atoms with Gasteiger partial charge in [-0.2, -0.15) is 0 Å². The van der Waals surface area contributed by atoms with Gasteiger partial charge in [0.2, 0.25) is 0 Å². The molecule has 4 nitrogen and oxygen atoms in total. The number of amides is 1. The molecule has 4 heteroatoms. The predicted molar refractivity (Wildman–Crippen MR) is 96.5 cm³/mol. The summed E-state index contributed by atoms with van der Waals surface area (Å²) >= 11 is 0. The van der Waals surface area contributed by atoms with E-state index in [4.69, 9.17) is 4.74 Å². The van der Waals surface area contributed by atoms with Gasteiger partial charge in [-0.1, -0.05) is 24.3 Å². The summed E-state index contributed by atoms with van der Waals surface area (Å²) in [7, 11) is 0. The summed E-state index contributed by atoms with van der Waals surface area (Å²) < 4.78 is 5.45. The number of benzene rings is 2. The lowest BCUT2D eigenvalue weighted by Crippen LogP contribution is -2.34. The highest BCUT2D eigenvalue weighted by atomic mass is 16.5. The third kappa shape index (κ3) is 3.59. The Kier molecular flexibility index (Phi) is 4.85. The average molecular weight is 322 g/mol. The van der Waals surface area contributed by atoms with E-state index in [-0.39, 0.29) is 11.9 Å². The van der Waals surface area contributed by atoms with Crippen LogP contribution < -0.4 is 10.1 Å². The Hall–Kier alpha value is -2.75. The summed E-state index contributed by atoms with van der Waals surface area (Å²) in [5.41, 5.74) is 2.95. The number of aromatic nitrogens is 1. The summed E-state index contributed by atoms with van der Waals surface area (Å²) in [6, 6.07) is 15.5. The molecule has 1 heterocycles. The van der Waals surface area contributed by atoms with Gasteiger partial charge in [0.25, 0.3) is 5.91 Å². The van der Waals surface area contributed by atoms with E-state index < -0.39 is 0 Å². The van der Waals surface area contributed by atoms with Crippen molar-refractivity contribution in [3.63, 3.8) is 0 Å². The second-order valence-corrected chi connectivity index (χ2v) is 5.90. The van der Waals surface area contributed by atoms with Crippen LogP contribution in [0.1, 0.15) is 29.8 Å². The molecule has 0 spiro atoms. The van der Waals surface area contributed by atoms with Gasteiger partial charge in [0.1, 0.15) is 5.75 Å². The molecule has 124 valence electrons. The molecule has 0 aliphatic heterocycles. The topological polar surface area (TPSA) is 54.1 Å². The van der Waals surface area contributed by atoms with Crippen molar-refractivity contribution in [3.8, 4) is 5.75 Å². The number of nitrogens with one attached hydrogen (secondary N) is 2. The number of carbonyl (C=O) groups excluding carboxylic acids is 1. The van der Waals surface area contributed by atoms with Crippen LogP contribution in [0, 0.1) is 0 Å². The van der Waals surface area contributed by atoms with Crippen molar-refractivity contribution in [2.45, 2.75) is 26.3 Å². The van der Waals surface area contributed by atoms with Crippen LogP contribution in [0.5, 0.6) is 5.75 Å². The van der Waals surface area contributed by atoms with Crippen molar-refractivity contribution in [1.29, 1.82) is 0 Å². The van der Waals surface area contributed by atoms with Gasteiger partial charge in [0, 0.05) is 28.7 Å². The Labute approximate surface area is 141 Å². The average Bonchev–Trinajstić information content (AvgIpc) is 2.98. The highest BCUT2D eigenvalue weighted by molar-refractivity contribution is 5.94. The lowest BCUT2D eigenvalue weighted by molar-refractivity contribution is 0.0939. The molecule has 0 unspecified atom stereocenters. The molecule has 0 aliphatic carbocycles. The van der Waals surface area contributed by atoms with E-state index in [1.807, 2.05) is 44.3 Å². The highest BCUT2D eigenvalue weighted by Gasteiger charge is 2.13. The maximum atomic E-state index is 12.4. The van der Waals surface area contributed by atoms with Crippen molar-refractivity contribution >= 4 is 16.8 Å². The molecule has 0 saturated heterocycles. The Bertz CT molecular complexity index is 838. The minimum absolute atomic E-state index is 0.0347. The molecule has 2 N–H and O–H groups in total. The van der Waals surface area contributed by atoms with Gasteiger partial charge in [0.05, 0.1) is 6.61 Å². The molecule has 0 saturated carbocycles. The van der Waals surface area contributed by atoms with Gasteiger partial charge in [0.15, 0.2) is 0 Å². The van der Waals surface area contributed by atoms with Gasteiger partial charge >= 0.3 is 0 Å². The van der Waals surface area contributed by atoms with E-state index in [2.05, 4.69) is 22.4 Å². The summed E-state index contributed by atoms with van der Waals surface area (Å²) in [4.78, 5) is 15.7. The van der Waals surface area contributed by atoms with Gasteiger partial charge in [-0.3, -0.25) is 4.79 Å². The maximum absolute atomic E-state index is 12.4. The number of H-pyrrole nitrogens is 1. The SMILES string of the molecule is CCOc1cccc(C(=O)N[C@H](C)Cc2c[nH]c3ccccc23)c1. The third-order valence-corrected chi connectivity index (χ3v) is 3.99. The van der Waals surface area contributed by atoms with Crippen molar-refractivity contribution in [3.05, 3.63) is 65.9 Å². The Morgan fingerprint density at radius 3 is 2.88 bits per heavy atom. The molecule has 3 aromatic rings. The molecule has 1 aromatic heterocycles. The van der Waals surface area contributed by atoms with Crippen LogP contribution in [0.3, 0.4) is 0 Å². The summed E-state index contributed by atoms with van der Waals surface area (Å²) in [6.07, 6.45) is 2.80. The van der Waals surface area contributed by atoms with Crippen LogP contribution in [0.15, 0.2) is 54.7 Å². The van der Waals surface area contributed by atoms with Crippen molar-refractivity contribution < 1.29 is 9.53 Å². The minimum Gasteiger partial charge on any atom is -0.494 e. The number of hydrogen-bond acceptors (Lipinski definition) is 2. The molecule has 24 heavy (non-hydrogen) atoms. The lowest BCUT2D eigenvalue weighted by atomic mass is 10.1. The second kappa shape index (κ2) is 7.21.